The Kier molecular flexibility index (Phi) is 5.92. The van der Waals surface area contributed by atoms with Crippen LogP contribution in [-0.2, 0) is 6.18 Å². The highest BCUT2D eigenvalue weighted by Gasteiger charge is 2.30. The van der Waals surface area contributed by atoms with Gasteiger partial charge in [0.05, 0.1) is 5.56 Å². The zero-order valence-electron chi connectivity index (χ0n) is 10.4. The molecule has 1 aromatic carbocycles. The van der Waals surface area contributed by atoms with E-state index in [1.165, 1.54) is 6.07 Å². The van der Waals surface area contributed by atoms with Gasteiger partial charge in [-0.25, -0.2) is 0 Å². The molecule has 1 aromatic rings. The standard InChI is InChI=1S/C14H18F3N/c1-2-9-18-10-4-3-6-12-7-5-8-13(11-12)14(15,16)17/h3,5-8,11,18H,2,4,9-10H2,1H3. The Balaban J connectivity index is 2.49. The van der Waals surface area contributed by atoms with E-state index in [1.54, 1.807) is 12.1 Å². The van der Waals surface area contributed by atoms with E-state index >= 15 is 0 Å². The maximum absolute atomic E-state index is 12.5. The lowest BCUT2D eigenvalue weighted by molar-refractivity contribution is -0.137. The molecular formula is C14H18F3N. The summed E-state index contributed by atoms with van der Waals surface area (Å²) in [6.07, 6.45) is 1.24. The van der Waals surface area contributed by atoms with E-state index in [0.717, 1.165) is 38.1 Å². The van der Waals surface area contributed by atoms with E-state index in [9.17, 15) is 13.2 Å². The van der Waals surface area contributed by atoms with Gasteiger partial charge in [0.15, 0.2) is 0 Å². The molecule has 0 bridgehead atoms. The molecule has 18 heavy (non-hydrogen) atoms. The molecule has 0 aromatic heterocycles. The molecule has 0 aliphatic heterocycles. The van der Waals surface area contributed by atoms with Crippen LogP contribution in [0.5, 0.6) is 0 Å². The Hall–Kier alpha value is -1.29. The summed E-state index contributed by atoms with van der Waals surface area (Å²) < 4.78 is 37.4. The normalized spacial score (nSPS) is 12.2. The number of rotatable bonds is 6. The number of hydrogen-bond acceptors (Lipinski definition) is 1. The van der Waals surface area contributed by atoms with Crippen LogP contribution in [0.3, 0.4) is 0 Å². The van der Waals surface area contributed by atoms with E-state index in [1.807, 2.05) is 6.08 Å². The molecule has 0 fully saturated rings. The molecule has 0 unspecified atom stereocenters. The molecule has 0 amide bonds. The van der Waals surface area contributed by atoms with Crippen molar-refractivity contribution in [3.63, 3.8) is 0 Å². The number of hydrogen-bond donors (Lipinski definition) is 1. The fourth-order valence-electron chi connectivity index (χ4n) is 1.53. The Labute approximate surface area is 106 Å². The average molecular weight is 257 g/mol. The third-order valence-electron chi connectivity index (χ3n) is 2.44. The SMILES string of the molecule is CCCNCCC=Cc1cccc(C(F)(F)F)c1. The first-order valence-electron chi connectivity index (χ1n) is 6.08. The molecule has 0 spiro atoms. The highest BCUT2D eigenvalue weighted by Crippen LogP contribution is 2.29. The minimum absolute atomic E-state index is 0.584. The van der Waals surface area contributed by atoms with Gasteiger partial charge in [-0.05, 0) is 43.6 Å². The van der Waals surface area contributed by atoms with Gasteiger partial charge in [0.25, 0.3) is 0 Å². The van der Waals surface area contributed by atoms with Gasteiger partial charge < -0.3 is 5.32 Å². The number of halogens is 3. The van der Waals surface area contributed by atoms with Crippen LogP contribution >= 0.6 is 0 Å². The molecule has 0 radical (unpaired) electrons. The van der Waals surface area contributed by atoms with E-state index in [-0.39, 0.29) is 0 Å². The molecular weight excluding hydrogens is 239 g/mol. The highest BCUT2D eigenvalue weighted by atomic mass is 19.4. The van der Waals surface area contributed by atoms with Crippen molar-refractivity contribution < 1.29 is 13.2 Å². The molecule has 0 atom stereocenters. The number of benzene rings is 1. The van der Waals surface area contributed by atoms with Gasteiger partial charge in [-0.2, -0.15) is 13.2 Å². The van der Waals surface area contributed by atoms with Crippen LogP contribution < -0.4 is 5.32 Å². The Morgan fingerprint density at radius 2 is 2.00 bits per heavy atom. The third-order valence-corrected chi connectivity index (χ3v) is 2.44. The Morgan fingerprint density at radius 1 is 1.22 bits per heavy atom. The van der Waals surface area contributed by atoms with Crippen molar-refractivity contribution in [2.75, 3.05) is 13.1 Å². The maximum atomic E-state index is 12.5. The third kappa shape index (κ3) is 5.36. The van der Waals surface area contributed by atoms with Crippen molar-refractivity contribution >= 4 is 6.08 Å². The summed E-state index contributed by atoms with van der Waals surface area (Å²) in [5.41, 5.74) is -0.0194. The molecule has 0 heterocycles. The van der Waals surface area contributed by atoms with Crippen LogP contribution in [0.2, 0.25) is 0 Å². The van der Waals surface area contributed by atoms with Gasteiger partial charge in [0, 0.05) is 0 Å². The first kappa shape index (κ1) is 14.8. The zero-order valence-corrected chi connectivity index (χ0v) is 10.4. The lowest BCUT2D eigenvalue weighted by Gasteiger charge is -2.06. The summed E-state index contributed by atoms with van der Waals surface area (Å²) in [5.74, 6) is 0. The lowest BCUT2D eigenvalue weighted by Crippen LogP contribution is -2.14. The van der Waals surface area contributed by atoms with Crippen LogP contribution in [0.15, 0.2) is 30.3 Å². The van der Waals surface area contributed by atoms with Crippen LogP contribution in [0.4, 0.5) is 13.2 Å². The molecule has 4 heteroatoms. The van der Waals surface area contributed by atoms with Gasteiger partial charge in [0.1, 0.15) is 0 Å². The second kappa shape index (κ2) is 7.21. The van der Waals surface area contributed by atoms with Gasteiger partial charge >= 0.3 is 6.18 Å². The fourth-order valence-corrected chi connectivity index (χ4v) is 1.53. The van der Waals surface area contributed by atoms with E-state index in [0.29, 0.717) is 5.56 Å². The molecule has 1 nitrogen and oxygen atoms in total. The van der Waals surface area contributed by atoms with Crippen molar-refractivity contribution in [3.05, 3.63) is 41.5 Å². The average Bonchev–Trinajstić information content (AvgIpc) is 2.33. The minimum atomic E-state index is -4.27. The molecule has 0 aliphatic rings. The van der Waals surface area contributed by atoms with Gasteiger partial charge in [0.2, 0.25) is 0 Å². The quantitative estimate of drug-likeness (QED) is 0.756. The van der Waals surface area contributed by atoms with Crippen molar-refractivity contribution in [2.24, 2.45) is 0 Å². The van der Waals surface area contributed by atoms with E-state index in [4.69, 9.17) is 0 Å². The Morgan fingerprint density at radius 3 is 2.67 bits per heavy atom. The molecule has 0 aliphatic carbocycles. The largest absolute Gasteiger partial charge is 0.416 e. The summed E-state index contributed by atoms with van der Waals surface area (Å²) in [7, 11) is 0. The van der Waals surface area contributed by atoms with Crippen LogP contribution in [0.25, 0.3) is 6.08 Å². The maximum Gasteiger partial charge on any atom is 0.416 e. The molecule has 100 valence electrons. The van der Waals surface area contributed by atoms with Crippen molar-refractivity contribution in [1.82, 2.24) is 5.32 Å². The summed E-state index contributed by atoms with van der Waals surface area (Å²) >= 11 is 0. The molecule has 0 saturated carbocycles. The summed E-state index contributed by atoms with van der Waals surface area (Å²) in [5, 5.41) is 3.23. The van der Waals surface area contributed by atoms with Gasteiger partial charge in [-0.1, -0.05) is 31.2 Å². The zero-order chi connectivity index (χ0) is 13.4. The highest BCUT2D eigenvalue weighted by molar-refractivity contribution is 5.50. The van der Waals surface area contributed by atoms with Crippen LogP contribution in [0, 0.1) is 0 Å². The number of alkyl halides is 3. The van der Waals surface area contributed by atoms with E-state index < -0.39 is 11.7 Å². The van der Waals surface area contributed by atoms with Crippen LogP contribution in [-0.4, -0.2) is 13.1 Å². The molecule has 1 N–H and O–H groups in total. The summed E-state index contributed by atoms with van der Waals surface area (Å²) in [4.78, 5) is 0. The van der Waals surface area contributed by atoms with Crippen molar-refractivity contribution in [2.45, 2.75) is 25.9 Å². The minimum Gasteiger partial charge on any atom is -0.316 e. The van der Waals surface area contributed by atoms with Crippen molar-refractivity contribution in [3.8, 4) is 0 Å². The van der Waals surface area contributed by atoms with Gasteiger partial charge in [-0.3, -0.25) is 0 Å². The topological polar surface area (TPSA) is 12.0 Å². The predicted molar refractivity (Wildman–Crippen MR) is 68.3 cm³/mol. The molecule has 0 saturated heterocycles. The fraction of sp³-hybridized carbons (Fsp3) is 0.429. The van der Waals surface area contributed by atoms with Gasteiger partial charge in [-0.15, -0.1) is 0 Å². The Bertz CT molecular complexity index is 383. The summed E-state index contributed by atoms with van der Waals surface area (Å²) in [6.45, 7) is 3.91. The first-order valence-corrected chi connectivity index (χ1v) is 6.08. The summed E-state index contributed by atoms with van der Waals surface area (Å²) in [6, 6.07) is 5.35. The monoisotopic (exact) mass is 257 g/mol. The number of nitrogens with one attached hydrogen (secondary N) is 1. The second-order valence-corrected chi connectivity index (χ2v) is 4.06. The smallest absolute Gasteiger partial charge is 0.316 e. The molecule has 1 rings (SSSR count). The predicted octanol–water partition coefficient (Wildman–Crippen LogP) is 4.11. The lowest BCUT2D eigenvalue weighted by atomic mass is 10.1. The first-order chi connectivity index (χ1) is 8.54. The second-order valence-electron chi connectivity index (χ2n) is 4.06. The van der Waals surface area contributed by atoms with Crippen LogP contribution in [0.1, 0.15) is 30.9 Å². The van der Waals surface area contributed by atoms with E-state index in [2.05, 4.69) is 12.2 Å². The van der Waals surface area contributed by atoms with Crippen molar-refractivity contribution in [1.29, 1.82) is 0 Å².